The van der Waals surface area contributed by atoms with Gasteiger partial charge in [0, 0.05) is 12.1 Å². The molecule has 8 heteroatoms. The van der Waals surface area contributed by atoms with E-state index in [1.54, 1.807) is 4.79 Å². The second-order valence-corrected chi connectivity index (χ2v) is 5.48. The van der Waals surface area contributed by atoms with E-state index in [1.165, 1.54) is 6.42 Å². The van der Waals surface area contributed by atoms with Crippen molar-refractivity contribution in [2.75, 3.05) is 10.8 Å². The quantitative estimate of drug-likeness (QED) is 0.809. The van der Waals surface area contributed by atoms with Gasteiger partial charge in [0.2, 0.25) is 5.16 Å². The average molecular weight is 271 g/mol. The van der Waals surface area contributed by atoms with E-state index in [2.05, 4.69) is 34.4 Å². The van der Waals surface area contributed by atoms with E-state index in [0.717, 1.165) is 24.6 Å². The number of thioether (sulfide) groups is 1. The fourth-order valence-electron chi connectivity index (χ4n) is 2.31. The van der Waals surface area contributed by atoms with Crippen molar-refractivity contribution in [2.45, 2.75) is 50.4 Å². The topological polar surface area (TPSA) is 84.1 Å². The largest absolute Gasteiger partial charge is 0.481 e. The fraction of sp³-hybridized carbons (Fsp3) is 0.800. The lowest BCUT2D eigenvalue weighted by Crippen LogP contribution is -2.51. The number of tetrazole rings is 1. The maximum atomic E-state index is 10.6. The lowest BCUT2D eigenvalue weighted by Gasteiger charge is -2.39. The Morgan fingerprint density at radius 1 is 1.44 bits per heavy atom. The van der Waals surface area contributed by atoms with Gasteiger partial charge in [-0.05, 0) is 43.5 Å². The molecule has 0 aliphatic carbocycles. The van der Waals surface area contributed by atoms with Crippen LogP contribution in [0.4, 0.5) is 0 Å². The average Bonchev–Trinajstić information content (AvgIpc) is 2.74. The van der Waals surface area contributed by atoms with Crippen LogP contribution in [0.2, 0.25) is 0 Å². The van der Waals surface area contributed by atoms with Gasteiger partial charge in [0.05, 0.1) is 5.75 Å². The molecule has 1 aromatic rings. The summed E-state index contributed by atoms with van der Waals surface area (Å²) in [7, 11) is 0. The van der Waals surface area contributed by atoms with E-state index in [9.17, 15) is 4.79 Å². The predicted molar refractivity (Wildman–Crippen MR) is 67.2 cm³/mol. The van der Waals surface area contributed by atoms with Crippen LogP contribution in [0, 0.1) is 0 Å². The van der Waals surface area contributed by atoms with E-state index < -0.39 is 5.97 Å². The molecule has 1 saturated heterocycles. The van der Waals surface area contributed by atoms with E-state index in [1.807, 2.05) is 0 Å². The summed E-state index contributed by atoms with van der Waals surface area (Å²) in [5.41, 5.74) is 0. The molecular weight excluding hydrogens is 254 g/mol. The zero-order valence-corrected chi connectivity index (χ0v) is 11.3. The molecule has 0 bridgehead atoms. The van der Waals surface area contributed by atoms with Crippen molar-refractivity contribution in [3.05, 3.63) is 0 Å². The van der Waals surface area contributed by atoms with Crippen LogP contribution in [-0.4, -0.2) is 49.2 Å². The summed E-state index contributed by atoms with van der Waals surface area (Å²) >= 11 is 1.15. The number of hydrogen-bond acceptors (Lipinski definition) is 6. The SMILES string of the molecule is CC1CCCC(C)N1n1nnnc1SCC(=O)O. The Kier molecular flexibility index (Phi) is 4.05. The summed E-state index contributed by atoms with van der Waals surface area (Å²) in [4.78, 5) is 12.3. The molecule has 100 valence electrons. The Balaban J connectivity index is 2.16. The second kappa shape index (κ2) is 5.55. The molecule has 1 aliphatic heterocycles. The molecule has 2 rings (SSSR count). The number of nitrogens with zero attached hydrogens (tertiary/aromatic N) is 5. The highest BCUT2D eigenvalue weighted by atomic mass is 32.2. The molecule has 1 aliphatic rings. The first-order valence-electron chi connectivity index (χ1n) is 6.01. The predicted octanol–water partition coefficient (Wildman–Crippen LogP) is 0.749. The first-order chi connectivity index (χ1) is 8.59. The highest BCUT2D eigenvalue weighted by Gasteiger charge is 2.28. The van der Waals surface area contributed by atoms with Crippen LogP contribution < -0.4 is 5.01 Å². The van der Waals surface area contributed by atoms with Crippen LogP contribution in [0.3, 0.4) is 0 Å². The van der Waals surface area contributed by atoms with Gasteiger partial charge < -0.3 is 5.11 Å². The summed E-state index contributed by atoms with van der Waals surface area (Å²) in [5.74, 6) is -0.897. The maximum absolute atomic E-state index is 10.6. The molecule has 1 fully saturated rings. The Labute approximate surface area is 110 Å². The molecule has 2 unspecified atom stereocenters. The van der Waals surface area contributed by atoms with Gasteiger partial charge in [0.15, 0.2) is 0 Å². The second-order valence-electron chi connectivity index (χ2n) is 4.54. The van der Waals surface area contributed by atoms with Crippen molar-refractivity contribution in [1.82, 2.24) is 20.3 Å². The number of carbonyl (C=O) groups is 1. The Morgan fingerprint density at radius 2 is 2.11 bits per heavy atom. The fourth-order valence-corrected chi connectivity index (χ4v) is 2.91. The first-order valence-corrected chi connectivity index (χ1v) is 6.99. The van der Waals surface area contributed by atoms with Crippen molar-refractivity contribution in [3.63, 3.8) is 0 Å². The Morgan fingerprint density at radius 3 is 2.72 bits per heavy atom. The molecule has 0 amide bonds. The highest BCUT2D eigenvalue weighted by Crippen LogP contribution is 2.23. The van der Waals surface area contributed by atoms with Crippen LogP contribution in [0.1, 0.15) is 33.1 Å². The van der Waals surface area contributed by atoms with Crippen molar-refractivity contribution in [3.8, 4) is 0 Å². The van der Waals surface area contributed by atoms with Crippen LogP contribution in [0.15, 0.2) is 5.16 Å². The van der Waals surface area contributed by atoms with Crippen LogP contribution in [-0.2, 0) is 4.79 Å². The number of aliphatic carboxylic acids is 1. The minimum atomic E-state index is -0.866. The molecule has 0 spiro atoms. The van der Waals surface area contributed by atoms with Crippen molar-refractivity contribution >= 4 is 17.7 Å². The van der Waals surface area contributed by atoms with Gasteiger partial charge >= 0.3 is 5.97 Å². The number of aromatic nitrogens is 4. The number of rotatable bonds is 4. The van der Waals surface area contributed by atoms with E-state index >= 15 is 0 Å². The molecule has 2 heterocycles. The summed E-state index contributed by atoms with van der Waals surface area (Å²) < 4.78 is 0. The molecular formula is C10H17N5O2S. The van der Waals surface area contributed by atoms with Gasteiger partial charge in [-0.2, -0.15) is 0 Å². The van der Waals surface area contributed by atoms with Gasteiger partial charge in [0.25, 0.3) is 0 Å². The number of carboxylic acid groups (broad SMARTS) is 1. The van der Waals surface area contributed by atoms with Gasteiger partial charge in [-0.25, -0.2) is 0 Å². The smallest absolute Gasteiger partial charge is 0.313 e. The minimum Gasteiger partial charge on any atom is -0.481 e. The Hall–Kier alpha value is -1.31. The summed E-state index contributed by atoms with van der Waals surface area (Å²) in [6.07, 6.45) is 3.42. The summed E-state index contributed by atoms with van der Waals surface area (Å²) in [5, 5.41) is 22.9. The minimum absolute atomic E-state index is 0.0308. The molecule has 18 heavy (non-hydrogen) atoms. The van der Waals surface area contributed by atoms with Crippen molar-refractivity contribution in [2.24, 2.45) is 0 Å². The number of carboxylic acids is 1. The van der Waals surface area contributed by atoms with Gasteiger partial charge in [-0.3, -0.25) is 9.80 Å². The maximum Gasteiger partial charge on any atom is 0.313 e. The summed E-state index contributed by atoms with van der Waals surface area (Å²) in [6, 6.07) is 0.725. The molecule has 1 N–H and O–H groups in total. The molecule has 7 nitrogen and oxygen atoms in total. The van der Waals surface area contributed by atoms with Crippen LogP contribution in [0.5, 0.6) is 0 Å². The van der Waals surface area contributed by atoms with E-state index in [0.29, 0.717) is 17.2 Å². The third-order valence-electron chi connectivity index (χ3n) is 3.12. The standard InChI is InChI=1S/C10H17N5O2S/c1-7-4-3-5-8(2)14(7)15-10(11-12-13-15)18-6-9(16)17/h7-8H,3-6H2,1-2H3,(H,16,17). The summed E-state index contributed by atoms with van der Waals surface area (Å²) in [6.45, 7) is 4.28. The Bertz CT molecular complexity index is 414. The van der Waals surface area contributed by atoms with Crippen LogP contribution >= 0.6 is 11.8 Å². The molecule has 0 radical (unpaired) electrons. The zero-order valence-electron chi connectivity index (χ0n) is 10.5. The normalized spacial score (nSPS) is 24.2. The van der Waals surface area contributed by atoms with E-state index in [-0.39, 0.29) is 5.75 Å². The number of piperidine rings is 1. The van der Waals surface area contributed by atoms with Gasteiger partial charge in [-0.15, -0.1) is 4.79 Å². The van der Waals surface area contributed by atoms with E-state index in [4.69, 9.17) is 5.11 Å². The third kappa shape index (κ3) is 2.74. The number of hydrogen-bond donors (Lipinski definition) is 1. The lowest BCUT2D eigenvalue weighted by atomic mass is 10.00. The van der Waals surface area contributed by atoms with Crippen molar-refractivity contribution in [1.29, 1.82) is 0 Å². The lowest BCUT2D eigenvalue weighted by molar-refractivity contribution is -0.133. The van der Waals surface area contributed by atoms with Crippen LogP contribution in [0.25, 0.3) is 0 Å². The monoisotopic (exact) mass is 271 g/mol. The van der Waals surface area contributed by atoms with Gasteiger partial charge in [0.1, 0.15) is 0 Å². The molecule has 2 atom stereocenters. The molecule has 1 aromatic heterocycles. The first kappa shape index (κ1) is 13.1. The molecule has 0 aromatic carbocycles. The third-order valence-corrected chi connectivity index (χ3v) is 4.01. The molecule has 0 saturated carbocycles. The van der Waals surface area contributed by atoms with Gasteiger partial charge in [-0.1, -0.05) is 16.9 Å². The highest BCUT2D eigenvalue weighted by molar-refractivity contribution is 7.99. The van der Waals surface area contributed by atoms with Crippen molar-refractivity contribution < 1.29 is 9.90 Å². The zero-order chi connectivity index (χ0) is 13.1.